The SMILES string of the molecule is CC(=O)Nc1ccc2c(O)c(N=Nc3cccc(C(=O)CCN)c3)c(S(=O)(=O)O)cc2c1S(=O)(=O)O. The number of hydrogen-bond donors (Lipinski definition) is 5. The highest BCUT2D eigenvalue weighted by Gasteiger charge is 2.28. The number of benzene rings is 3. The van der Waals surface area contributed by atoms with Crippen molar-refractivity contribution in [3.8, 4) is 5.75 Å². The monoisotopic (exact) mass is 536 g/mol. The smallest absolute Gasteiger partial charge is 0.297 e. The minimum absolute atomic E-state index is 0.0789. The van der Waals surface area contributed by atoms with Crippen molar-refractivity contribution in [3.63, 3.8) is 0 Å². The van der Waals surface area contributed by atoms with Crippen LogP contribution in [0.15, 0.2) is 62.5 Å². The first kappa shape index (κ1) is 26.8. The van der Waals surface area contributed by atoms with Crippen LogP contribution < -0.4 is 11.1 Å². The molecule has 190 valence electrons. The lowest BCUT2D eigenvalue weighted by Gasteiger charge is -2.14. The maximum Gasteiger partial charge on any atom is 0.297 e. The van der Waals surface area contributed by atoms with Crippen LogP contribution in [0.25, 0.3) is 10.8 Å². The fraction of sp³-hybridized carbons (Fsp3) is 0.143. The molecule has 0 aliphatic carbocycles. The van der Waals surface area contributed by atoms with Gasteiger partial charge in [0.05, 0.1) is 11.4 Å². The molecular weight excluding hydrogens is 516 g/mol. The number of phenols is 1. The van der Waals surface area contributed by atoms with Crippen molar-refractivity contribution in [3.05, 3.63) is 48.0 Å². The van der Waals surface area contributed by atoms with Crippen molar-refractivity contribution in [1.82, 2.24) is 0 Å². The highest BCUT2D eigenvalue weighted by molar-refractivity contribution is 7.86. The molecule has 0 fully saturated rings. The number of Topliss-reactive ketones (excluding diaryl/α,β-unsaturated/α-hetero) is 1. The molecule has 0 saturated heterocycles. The van der Waals surface area contributed by atoms with Crippen LogP contribution in [0.5, 0.6) is 5.75 Å². The molecule has 13 nitrogen and oxygen atoms in total. The number of rotatable bonds is 8. The third kappa shape index (κ3) is 5.72. The number of anilines is 1. The van der Waals surface area contributed by atoms with Gasteiger partial charge in [-0.05, 0) is 36.9 Å². The first-order chi connectivity index (χ1) is 16.7. The molecule has 0 bridgehead atoms. The number of carbonyl (C=O) groups is 2. The Hall–Kier alpha value is -3.76. The molecule has 0 unspecified atom stereocenters. The van der Waals surface area contributed by atoms with E-state index in [4.69, 9.17) is 5.73 Å². The van der Waals surface area contributed by atoms with Gasteiger partial charge in [0.2, 0.25) is 5.91 Å². The van der Waals surface area contributed by atoms with Crippen molar-refractivity contribution in [2.45, 2.75) is 23.1 Å². The summed E-state index contributed by atoms with van der Waals surface area (Å²) in [4.78, 5) is 21.6. The number of amides is 1. The summed E-state index contributed by atoms with van der Waals surface area (Å²) < 4.78 is 67.9. The van der Waals surface area contributed by atoms with E-state index >= 15 is 0 Å². The van der Waals surface area contributed by atoms with Crippen LogP contribution in [0.1, 0.15) is 23.7 Å². The molecule has 3 rings (SSSR count). The minimum atomic E-state index is -5.12. The first-order valence-corrected chi connectivity index (χ1v) is 12.9. The van der Waals surface area contributed by atoms with E-state index in [1.54, 1.807) is 0 Å². The fourth-order valence-corrected chi connectivity index (χ4v) is 4.87. The van der Waals surface area contributed by atoms with E-state index in [1.165, 1.54) is 24.3 Å². The summed E-state index contributed by atoms with van der Waals surface area (Å²) in [7, 11) is -10.2. The molecule has 0 spiro atoms. The Morgan fingerprint density at radius 1 is 0.972 bits per heavy atom. The zero-order valence-electron chi connectivity index (χ0n) is 18.5. The number of hydrogen-bond acceptors (Lipinski definition) is 10. The van der Waals surface area contributed by atoms with Gasteiger partial charge in [-0.25, -0.2) is 0 Å². The second kappa shape index (κ2) is 10.1. The van der Waals surface area contributed by atoms with Crippen LogP contribution in [-0.2, 0) is 25.0 Å². The van der Waals surface area contributed by atoms with Crippen molar-refractivity contribution in [1.29, 1.82) is 0 Å². The zero-order chi connectivity index (χ0) is 26.8. The Morgan fingerprint density at radius 3 is 2.25 bits per heavy atom. The van der Waals surface area contributed by atoms with E-state index in [2.05, 4.69) is 15.5 Å². The van der Waals surface area contributed by atoms with E-state index < -0.39 is 58.4 Å². The zero-order valence-corrected chi connectivity index (χ0v) is 20.2. The molecule has 15 heteroatoms. The topological polar surface area (TPSA) is 226 Å². The minimum Gasteiger partial charge on any atom is -0.505 e. The molecule has 0 aliphatic heterocycles. The lowest BCUT2D eigenvalue weighted by Crippen LogP contribution is -2.11. The van der Waals surface area contributed by atoms with E-state index in [0.29, 0.717) is 6.07 Å². The van der Waals surface area contributed by atoms with Crippen LogP contribution in [-0.4, -0.2) is 49.3 Å². The summed E-state index contributed by atoms with van der Waals surface area (Å²) >= 11 is 0. The van der Waals surface area contributed by atoms with Gasteiger partial charge in [0.1, 0.15) is 15.5 Å². The number of aromatic hydroxyl groups is 1. The van der Waals surface area contributed by atoms with Crippen molar-refractivity contribution in [2.75, 3.05) is 11.9 Å². The maximum absolute atomic E-state index is 12.1. The Bertz CT molecular complexity index is 1630. The average Bonchev–Trinajstić information content (AvgIpc) is 2.76. The van der Waals surface area contributed by atoms with Gasteiger partial charge in [0.15, 0.2) is 11.5 Å². The third-order valence-electron chi connectivity index (χ3n) is 4.84. The van der Waals surface area contributed by atoms with Gasteiger partial charge >= 0.3 is 0 Å². The number of nitrogens with zero attached hydrogens (tertiary/aromatic N) is 2. The van der Waals surface area contributed by atoms with Gasteiger partial charge in [0, 0.05) is 29.7 Å². The number of ketones is 1. The lowest BCUT2D eigenvalue weighted by molar-refractivity contribution is -0.114. The van der Waals surface area contributed by atoms with Gasteiger partial charge in [-0.2, -0.15) is 21.9 Å². The van der Waals surface area contributed by atoms with E-state index in [-0.39, 0.29) is 35.4 Å². The molecule has 3 aromatic carbocycles. The van der Waals surface area contributed by atoms with Crippen LogP contribution >= 0.6 is 0 Å². The number of nitrogens with two attached hydrogens (primary N) is 1. The molecule has 6 N–H and O–H groups in total. The molecule has 1 amide bonds. The van der Waals surface area contributed by atoms with E-state index in [0.717, 1.165) is 19.1 Å². The van der Waals surface area contributed by atoms with E-state index in [9.17, 15) is 40.6 Å². The summed E-state index contributed by atoms with van der Waals surface area (Å²) in [5.41, 5.74) is 4.61. The van der Waals surface area contributed by atoms with Crippen LogP contribution in [0.4, 0.5) is 17.1 Å². The van der Waals surface area contributed by atoms with Crippen LogP contribution in [0, 0.1) is 0 Å². The van der Waals surface area contributed by atoms with Crippen molar-refractivity contribution >= 4 is 59.8 Å². The Morgan fingerprint density at radius 2 is 1.67 bits per heavy atom. The molecule has 0 aliphatic rings. The van der Waals surface area contributed by atoms with Gasteiger partial charge in [-0.1, -0.05) is 12.1 Å². The molecule has 0 radical (unpaired) electrons. The molecule has 0 atom stereocenters. The van der Waals surface area contributed by atoms with Gasteiger partial charge in [-0.3, -0.25) is 18.7 Å². The Balaban J connectivity index is 2.29. The van der Waals surface area contributed by atoms with E-state index in [1.807, 2.05) is 0 Å². The quantitative estimate of drug-likeness (QED) is 0.161. The summed E-state index contributed by atoms with van der Waals surface area (Å²) in [5, 5.41) is 19.7. The lowest BCUT2D eigenvalue weighted by atomic mass is 10.1. The van der Waals surface area contributed by atoms with Crippen molar-refractivity contribution < 1.29 is 40.6 Å². The summed E-state index contributed by atoms with van der Waals surface area (Å²) in [6, 6.07) is 8.65. The standard InChI is InChI=1S/C21H20N4O9S2/c1-11(26)23-16-6-5-14-15(21(16)36(32,33)34)10-18(35(29,30)31)19(20(14)28)25-24-13-4-2-3-12(9-13)17(27)7-8-22/h2-6,9-10,28H,7-8,22H2,1H3,(H,23,26)(H,29,30,31)(H,32,33,34). The number of fused-ring (bicyclic) bond motifs is 1. The highest BCUT2D eigenvalue weighted by Crippen LogP contribution is 2.44. The van der Waals surface area contributed by atoms with Crippen molar-refractivity contribution in [2.24, 2.45) is 16.0 Å². The van der Waals surface area contributed by atoms with Gasteiger partial charge in [-0.15, -0.1) is 5.11 Å². The summed E-state index contributed by atoms with van der Waals surface area (Å²) in [5.74, 6) is -1.86. The maximum atomic E-state index is 12.1. The third-order valence-corrected chi connectivity index (χ3v) is 6.66. The Kier molecular flexibility index (Phi) is 7.51. The average molecular weight is 537 g/mol. The van der Waals surface area contributed by atoms with Gasteiger partial charge in [0.25, 0.3) is 20.2 Å². The summed E-state index contributed by atoms with van der Waals surface area (Å²) in [6.45, 7) is 1.20. The number of azo groups is 1. The fourth-order valence-electron chi connectivity index (χ4n) is 3.38. The molecule has 0 saturated carbocycles. The molecule has 0 heterocycles. The second-order valence-electron chi connectivity index (χ2n) is 7.45. The highest BCUT2D eigenvalue weighted by atomic mass is 32.2. The normalized spacial score (nSPS) is 12.2. The predicted molar refractivity (Wildman–Crippen MR) is 128 cm³/mol. The Labute approximate surface area is 205 Å². The molecular formula is C21H20N4O9S2. The second-order valence-corrected chi connectivity index (χ2v) is 10.2. The first-order valence-electron chi connectivity index (χ1n) is 10.0. The summed E-state index contributed by atoms with van der Waals surface area (Å²) in [6.07, 6.45) is 0.0789. The predicted octanol–water partition coefficient (Wildman–Crippen LogP) is 2.94. The molecule has 3 aromatic rings. The number of nitrogens with one attached hydrogen (secondary N) is 1. The van der Waals surface area contributed by atoms with Crippen LogP contribution in [0.3, 0.4) is 0 Å². The number of carbonyl (C=O) groups excluding carboxylic acids is 2. The van der Waals surface area contributed by atoms with Crippen LogP contribution in [0.2, 0.25) is 0 Å². The largest absolute Gasteiger partial charge is 0.505 e. The van der Waals surface area contributed by atoms with Gasteiger partial charge < -0.3 is 16.2 Å². The molecule has 36 heavy (non-hydrogen) atoms. The molecule has 0 aromatic heterocycles. The number of phenolic OH excluding ortho intramolecular Hbond substituents is 1.